The Labute approximate surface area is 198 Å². The van der Waals surface area contributed by atoms with E-state index < -0.39 is 4.92 Å². The summed E-state index contributed by atoms with van der Waals surface area (Å²) in [6.45, 7) is 4.97. The Morgan fingerprint density at radius 2 is 1.65 bits per heavy atom. The molecule has 1 aliphatic heterocycles. The highest BCUT2D eigenvalue weighted by molar-refractivity contribution is 6.05. The molecule has 0 aromatic heterocycles. The summed E-state index contributed by atoms with van der Waals surface area (Å²) in [6, 6.07) is 20.9. The fourth-order valence-corrected chi connectivity index (χ4v) is 3.99. The van der Waals surface area contributed by atoms with Gasteiger partial charge in [-0.25, -0.2) is 0 Å². The van der Waals surface area contributed by atoms with E-state index in [1.54, 1.807) is 53.4 Å². The monoisotopic (exact) mass is 458 g/mol. The van der Waals surface area contributed by atoms with Gasteiger partial charge in [-0.2, -0.15) is 0 Å². The number of hydrogen-bond donors (Lipinski definition) is 1. The van der Waals surface area contributed by atoms with Crippen molar-refractivity contribution in [1.29, 1.82) is 0 Å². The molecule has 1 saturated heterocycles. The molecule has 1 N–H and O–H groups in total. The van der Waals surface area contributed by atoms with E-state index in [9.17, 15) is 19.7 Å². The maximum Gasteiger partial charge on any atom is 0.269 e. The zero-order valence-corrected chi connectivity index (χ0v) is 18.9. The molecule has 1 aliphatic rings. The van der Waals surface area contributed by atoms with E-state index >= 15 is 0 Å². The summed E-state index contributed by atoms with van der Waals surface area (Å²) in [4.78, 5) is 40.3. The standard InChI is InChI=1S/C26H26N4O4/c1-19-10-11-22(17-24(19)27-25(31)21-7-3-2-4-8-21)26(32)29-14-12-28(13-15-29)18-20-6-5-9-23(16-20)30(33)34/h2-11,16-17H,12-15,18H2,1H3,(H,27,31). The van der Waals surface area contributed by atoms with Crippen molar-refractivity contribution in [2.45, 2.75) is 13.5 Å². The van der Waals surface area contributed by atoms with Crippen LogP contribution in [0.25, 0.3) is 0 Å². The maximum absolute atomic E-state index is 13.1. The van der Waals surface area contributed by atoms with Gasteiger partial charge in [0.25, 0.3) is 17.5 Å². The summed E-state index contributed by atoms with van der Waals surface area (Å²) >= 11 is 0. The molecule has 3 aromatic rings. The van der Waals surface area contributed by atoms with Crippen molar-refractivity contribution >= 4 is 23.2 Å². The lowest BCUT2D eigenvalue weighted by Crippen LogP contribution is -2.48. The number of benzene rings is 3. The highest BCUT2D eigenvalue weighted by Gasteiger charge is 2.23. The highest BCUT2D eigenvalue weighted by atomic mass is 16.6. The van der Waals surface area contributed by atoms with Crippen LogP contribution in [0, 0.1) is 17.0 Å². The van der Waals surface area contributed by atoms with Crippen LogP contribution in [0.2, 0.25) is 0 Å². The largest absolute Gasteiger partial charge is 0.336 e. The van der Waals surface area contributed by atoms with Crippen LogP contribution in [0.5, 0.6) is 0 Å². The van der Waals surface area contributed by atoms with Gasteiger partial charge < -0.3 is 10.2 Å². The summed E-state index contributed by atoms with van der Waals surface area (Å²) < 4.78 is 0. The van der Waals surface area contributed by atoms with Gasteiger partial charge in [0, 0.05) is 61.7 Å². The molecule has 2 amide bonds. The Kier molecular flexibility index (Phi) is 6.98. The van der Waals surface area contributed by atoms with E-state index in [0.717, 1.165) is 11.1 Å². The lowest BCUT2D eigenvalue weighted by Gasteiger charge is -2.34. The Balaban J connectivity index is 1.37. The fourth-order valence-electron chi connectivity index (χ4n) is 3.99. The first kappa shape index (κ1) is 23.1. The van der Waals surface area contributed by atoms with Crippen molar-refractivity contribution in [3.63, 3.8) is 0 Å². The zero-order valence-electron chi connectivity index (χ0n) is 18.9. The third-order valence-electron chi connectivity index (χ3n) is 5.96. The highest BCUT2D eigenvalue weighted by Crippen LogP contribution is 2.21. The van der Waals surface area contributed by atoms with Gasteiger partial charge in [0.05, 0.1) is 4.92 Å². The van der Waals surface area contributed by atoms with Crippen molar-refractivity contribution in [1.82, 2.24) is 9.80 Å². The number of nitrogens with zero attached hydrogens (tertiary/aromatic N) is 3. The molecule has 0 spiro atoms. The number of anilines is 1. The molecule has 174 valence electrons. The average molecular weight is 459 g/mol. The van der Waals surface area contributed by atoms with Crippen LogP contribution in [0.1, 0.15) is 31.8 Å². The number of nitro groups is 1. The van der Waals surface area contributed by atoms with E-state index in [-0.39, 0.29) is 17.5 Å². The first-order valence-corrected chi connectivity index (χ1v) is 11.1. The molecule has 8 nitrogen and oxygen atoms in total. The van der Waals surface area contributed by atoms with Gasteiger partial charge >= 0.3 is 0 Å². The van der Waals surface area contributed by atoms with E-state index in [1.807, 2.05) is 25.1 Å². The van der Waals surface area contributed by atoms with Crippen LogP contribution in [-0.2, 0) is 6.54 Å². The Morgan fingerprint density at radius 3 is 2.35 bits per heavy atom. The van der Waals surface area contributed by atoms with E-state index in [1.165, 1.54) is 6.07 Å². The molecule has 0 atom stereocenters. The van der Waals surface area contributed by atoms with Crippen LogP contribution in [0.3, 0.4) is 0 Å². The molecule has 0 radical (unpaired) electrons. The number of nitrogens with one attached hydrogen (secondary N) is 1. The Morgan fingerprint density at radius 1 is 0.912 bits per heavy atom. The number of rotatable bonds is 6. The minimum absolute atomic E-state index is 0.0785. The van der Waals surface area contributed by atoms with Crippen LogP contribution in [0.15, 0.2) is 72.8 Å². The summed E-state index contributed by atoms with van der Waals surface area (Å²) in [5.74, 6) is -0.298. The Hall–Kier alpha value is -4.04. The van der Waals surface area contributed by atoms with Crippen molar-refractivity contribution in [3.05, 3.63) is 105 Å². The van der Waals surface area contributed by atoms with Crippen LogP contribution in [-0.4, -0.2) is 52.7 Å². The van der Waals surface area contributed by atoms with E-state index in [4.69, 9.17) is 0 Å². The summed E-state index contributed by atoms with van der Waals surface area (Å²) in [6.07, 6.45) is 0. The second kappa shape index (κ2) is 10.3. The molecule has 3 aromatic carbocycles. The number of non-ortho nitro benzene ring substituents is 1. The van der Waals surface area contributed by atoms with Gasteiger partial charge in [0.15, 0.2) is 0 Å². The Bertz CT molecular complexity index is 1200. The fraction of sp³-hybridized carbons (Fsp3) is 0.231. The number of piperazine rings is 1. The lowest BCUT2D eigenvalue weighted by atomic mass is 10.1. The van der Waals surface area contributed by atoms with Gasteiger partial charge in [0.1, 0.15) is 0 Å². The topological polar surface area (TPSA) is 95.8 Å². The van der Waals surface area contributed by atoms with Gasteiger partial charge in [-0.05, 0) is 42.3 Å². The second-order valence-electron chi connectivity index (χ2n) is 8.35. The molecular weight excluding hydrogens is 432 g/mol. The molecule has 34 heavy (non-hydrogen) atoms. The number of amides is 2. The van der Waals surface area contributed by atoms with Crippen LogP contribution in [0.4, 0.5) is 11.4 Å². The first-order chi connectivity index (χ1) is 16.4. The summed E-state index contributed by atoms with van der Waals surface area (Å²) in [7, 11) is 0. The first-order valence-electron chi connectivity index (χ1n) is 11.1. The lowest BCUT2D eigenvalue weighted by molar-refractivity contribution is -0.384. The SMILES string of the molecule is Cc1ccc(C(=O)N2CCN(Cc3cccc([N+](=O)[O-])c3)CC2)cc1NC(=O)c1ccccc1. The molecular formula is C26H26N4O4. The third-order valence-corrected chi connectivity index (χ3v) is 5.96. The van der Waals surface area contributed by atoms with Crippen molar-refractivity contribution < 1.29 is 14.5 Å². The predicted octanol–water partition coefficient (Wildman–Crippen LogP) is 4.11. The summed E-state index contributed by atoms with van der Waals surface area (Å²) in [5, 5.41) is 13.9. The van der Waals surface area contributed by atoms with Crippen molar-refractivity contribution in [3.8, 4) is 0 Å². The predicted molar refractivity (Wildman–Crippen MR) is 130 cm³/mol. The van der Waals surface area contributed by atoms with Crippen LogP contribution >= 0.6 is 0 Å². The zero-order chi connectivity index (χ0) is 24.1. The average Bonchev–Trinajstić information content (AvgIpc) is 2.86. The molecule has 4 rings (SSSR count). The molecule has 8 heteroatoms. The number of hydrogen-bond acceptors (Lipinski definition) is 5. The van der Waals surface area contributed by atoms with E-state index in [0.29, 0.717) is 49.5 Å². The molecule has 1 heterocycles. The molecule has 0 aliphatic carbocycles. The minimum atomic E-state index is -0.391. The van der Waals surface area contributed by atoms with Crippen LogP contribution < -0.4 is 5.32 Å². The molecule has 0 unspecified atom stereocenters. The maximum atomic E-state index is 13.1. The third kappa shape index (κ3) is 5.47. The second-order valence-corrected chi connectivity index (χ2v) is 8.35. The van der Waals surface area contributed by atoms with Crippen molar-refractivity contribution in [2.24, 2.45) is 0 Å². The number of carbonyl (C=O) groups excluding carboxylic acids is 2. The molecule has 1 fully saturated rings. The van der Waals surface area contributed by atoms with Crippen molar-refractivity contribution in [2.75, 3.05) is 31.5 Å². The quantitative estimate of drug-likeness (QED) is 0.443. The van der Waals surface area contributed by atoms with Gasteiger partial charge in [-0.3, -0.25) is 24.6 Å². The number of aryl methyl sites for hydroxylation is 1. The van der Waals surface area contributed by atoms with Gasteiger partial charge in [0.2, 0.25) is 0 Å². The number of carbonyl (C=O) groups is 2. The minimum Gasteiger partial charge on any atom is -0.336 e. The molecule has 0 bridgehead atoms. The van der Waals surface area contributed by atoms with E-state index in [2.05, 4.69) is 10.2 Å². The smallest absolute Gasteiger partial charge is 0.269 e. The van der Waals surface area contributed by atoms with Gasteiger partial charge in [-0.15, -0.1) is 0 Å². The summed E-state index contributed by atoms with van der Waals surface area (Å²) in [5.41, 5.74) is 3.54. The number of nitro benzene ring substituents is 1. The van der Waals surface area contributed by atoms with Gasteiger partial charge in [-0.1, -0.05) is 36.4 Å². The normalized spacial score (nSPS) is 14.0. The molecule has 0 saturated carbocycles.